The predicted molar refractivity (Wildman–Crippen MR) is 118 cm³/mol. The van der Waals surface area contributed by atoms with Gasteiger partial charge >= 0.3 is 41.9 Å². The number of aryl methyl sites for hydroxylation is 2. The van der Waals surface area contributed by atoms with Crippen molar-refractivity contribution in [1.82, 2.24) is 0 Å². The van der Waals surface area contributed by atoms with E-state index in [0.29, 0.717) is 10.8 Å². The van der Waals surface area contributed by atoms with Crippen molar-refractivity contribution in [2.45, 2.75) is 92.2 Å². The van der Waals surface area contributed by atoms with Gasteiger partial charge in [-0.25, -0.2) is 12.1 Å². The van der Waals surface area contributed by atoms with Crippen LogP contribution in [0.1, 0.15) is 76.6 Å². The Bertz CT molecular complexity index is 599. The third kappa shape index (κ3) is 9.65. The summed E-state index contributed by atoms with van der Waals surface area (Å²) in [5, 5.41) is 0. The van der Waals surface area contributed by atoms with Crippen LogP contribution in [0.3, 0.4) is 0 Å². The molecule has 0 amide bonds. The molecule has 2 aromatic carbocycles. The summed E-state index contributed by atoms with van der Waals surface area (Å²) in [6.45, 7) is 22.6. The number of hydrogen-bond acceptors (Lipinski definition) is 0. The first-order valence-electron chi connectivity index (χ1n) is 9.85. The van der Waals surface area contributed by atoms with Crippen LogP contribution in [0.2, 0.25) is 13.1 Å². The Morgan fingerprint density at radius 2 is 1.08 bits per heavy atom. The molecule has 0 unspecified atom stereocenters. The van der Waals surface area contributed by atoms with Crippen LogP contribution in [0.5, 0.6) is 0 Å². The SMILES string of the molecule is CCC(C)(C)c1c[cH-]c(C)c1.CCC(C)(C)c1c[cH-]c(C)c1.C[Si](C)=[Zr+2]. The fraction of sp³-hybridized carbons (Fsp3) is 0.583. The molecule has 2 heteroatoms. The van der Waals surface area contributed by atoms with E-state index in [-0.39, 0.29) is 5.43 Å². The third-order valence-electron chi connectivity index (χ3n) is 5.15. The molecule has 0 nitrogen and oxygen atoms in total. The molecule has 0 saturated carbocycles. The normalized spacial score (nSPS) is 11.2. The molecule has 0 bridgehead atoms. The van der Waals surface area contributed by atoms with Crippen LogP contribution in [-0.2, 0) is 34.2 Å². The van der Waals surface area contributed by atoms with E-state index >= 15 is 0 Å². The molecule has 144 valence electrons. The molecule has 2 aromatic rings. The molecule has 0 heterocycles. The maximum absolute atomic E-state index is 2.31. The van der Waals surface area contributed by atoms with Crippen molar-refractivity contribution in [3.8, 4) is 0 Å². The summed E-state index contributed by atoms with van der Waals surface area (Å²) in [4.78, 5) is 0. The molecular formula is C24H40SiZr. The molecule has 0 fully saturated rings. The van der Waals surface area contributed by atoms with Gasteiger partial charge in [0, 0.05) is 0 Å². The van der Waals surface area contributed by atoms with Gasteiger partial charge in [-0.05, 0) is 0 Å². The van der Waals surface area contributed by atoms with Crippen molar-refractivity contribution < 1.29 is 23.3 Å². The Hall–Kier alpha value is -0.200. The molecule has 0 saturated heterocycles. The molecule has 0 radical (unpaired) electrons. The average Bonchev–Trinajstić information content (AvgIpc) is 3.16. The van der Waals surface area contributed by atoms with Crippen molar-refractivity contribution >= 4 is 5.43 Å². The van der Waals surface area contributed by atoms with Crippen molar-refractivity contribution in [1.29, 1.82) is 0 Å². The van der Waals surface area contributed by atoms with E-state index in [1.807, 2.05) is 0 Å². The first-order valence-corrected chi connectivity index (χ1v) is 16.0. The van der Waals surface area contributed by atoms with Crippen molar-refractivity contribution in [2.75, 3.05) is 0 Å². The van der Waals surface area contributed by atoms with Gasteiger partial charge in [0.15, 0.2) is 0 Å². The fourth-order valence-corrected chi connectivity index (χ4v) is 2.38. The zero-order valence-electron chi connectivity index (χ0n) is 18.9. The molecule has 0 spiro atoms. The molecule has 0 atom stereocenters. The third-order valence-corrected chi connectivity index (χ3v) is 5.15. The minimum absolute atomic E-state index is 0.210. The van der Waals surface area contributed by atoms with E-state index in [9.17, 15) is 0 Å². The Morgan fingerprint density at radius 3 is 1.23 bits per heavy atom. The van der Waals surface area contributed by atoms with E-state index < -0.39 is 0 Å². The molecule has 26 heavy (non-hydrogen) atoms. The van der Waals surface area contributed by atoms with Gasteiger partial charge in [0.25, 0.3) is 0 Å². The Labute approximate surface area is 178 Å². The predicted octanol–water partition coefficient (Wildman–Crippen LogP) is 7.59. The second-order valence-electron chi connectivity index (χ2n) is 8.83. The first kappa shape index (κ1) is 25.8. The van der Waals surface area contributed by atoms with Gasteiger partial charge in [-0.1, -0.05) is 79.1 Å². The molecule has 0 aliphatic heterocycles. The van der Waals surface area contributed by atoms with Crippen LogP contribution in [0.25, 0.3) is 0 Å². The van der Waals surface area contributed by atoms with Gasteiger partial charge in [-0.2, -0.15) is 46.5 Å². The Balaban J connectivity index is 0.000000401. The van der Waals surface area contributed by atoms with Crippen LogP contribution in [0, 0.1) is 13.8 Å². The minimum atomic E-state index is 0.210. The quantitative estimate of drug-likeness (QED) is 0.334. The van der Waals surface area contributed by atoms with Crippen LogP contribution in [-0.4, -0.2) is 5.43 Å². The molecular weight excluding hydrogens is 408 g/mol. The van der Waals surface area contributed by atoms with E-state index in [0.717, 1.165) is 0 Å². The second-order valence-corrected chi connectivity index (χ2v) is 18.2. The number of hydrogen-bond donors (Lipinski definition) is 0. The van der Waals surface area contributed by atoms with Crippen molar-refractivity contribution in [3.63, 3.8) is 0 Å². The van der Waals surface area contributed by atoms with Crippen LogP contribution < -0.4 is 0 Å². The summed E-state index contributed by atoms with van der Waals surface area (Å²) in [5.41, 5.74) is 6.61. The molecule has 0 aliphatic carbocycles. The Morgan fingerprint density at radius 1 is 0.808 bits per heavy atom. The average molecular weight is 448 g/mol. The molecule has 0 aliphatic rings. The molecule has 0 N–H and O–H groups in total. The monoisotopic (exact) mass is 446 g/mol. The van der Waals surface area contributed by atoms with Gasteiger partial charge < -0.3 is 0 Å². The maximum atomic E-state index is 2.31. The van der Waals surface area contributed by atoms with Crippen molar-refractivity contribution in [3.05, 3.63) is 58.7 Å². The zero-order valence-corrected chi connectivity index (χ0v) is 22.3. The van der Waals surface area contributed by atoms with Crippen LogP contribution >= 0.6 is 0 Å². The summed E-state index contributed by atoms with van der Waals surface area (Å²) in [6, 6.07) is 13.4. The Kier molecular flexibility index (Phi) is 11.5. The second kappa shape index (κ2) is 11.6. The first-order chi connectivity index (χ1) is 11.9. The summed E-state index contributed by atoms with van der Waals surface area (Å²) in [6.07, 6.45) is 2.41. The van der Waals surface area contributed by atoms with Gasteiger partial charge in [0.1, 0.15) is 0 Å². The van der Waals surface area contributed by atoms with Crippen LogP contribution in [0.4, 0.5) is 0 Å². The van der Waals surface area contributed by atoms with Gasteiger partial charge in [0.05, 0.1) is 0 Å². The van der Waals surface area contributed by atoms with E-state index in [2.05, 4.69) is 105 Å². The zero-order chi connectivity index (χ0) is 20.5. The summed E-state index contributed by atoms with van der Waals surface area (Å²) >= 11 is 1.74. The molecule has 2 rings (SSSR count). The standard InChI is InChI=1S/2C11H17.C2H6Si.Zr/c2*1-5-11(3,4)10-7-6-9(2)8-10;1-3-2;/h2*6-8H,5H2,1-4H3;1-2H3;/q2*-1;;+2. The van der Waals surface area contributed by atoms with E-state index in [1.165, 1.54) is 35.1 Å². The van der Waals surface area contributed by atoms with Gasteiger partial charge in [-0.3, -0.25) is 0 Å². The summed E-state index contributed by atoms with van der Waals surface area (Å²) in [7, 11) is 0. The van der Waals surface area contributed by atoms with E-state index in [1.54, 1.807) is 23.3 Å². The molecule has 0 aromatic heterocycles. The van der Waals surface area contributed by atoms with Crippen LogP contribution in [0.15, 0.2) is 36.4 Å². The topological polar surface area (TPSA) is 0 Å². The fourth-order valence-electron chi connectivity index (χ4n) is 2.38. The number of rotatable bonds is 4. The summed E-state index contributed by atoms with van der Waals surface area (Å²) in [5.74, 6) is 0. The summed E-state index contributed by atoms with van der Waals surface area (Å²) < 4.78 is 0. The van der Waals surface area contributed by atoms with Gasteiger partial charge in [0.2, 0.25) is 0 Å². The van der Waals surface area contributed by atoms with Gasteiger partial charge in [-0.15, -0.1) is 0 Å². The van der Waals surface area contributed by atoms with E-state index in [4.69, 9.17) is 0 Å². The van der Waals surface area contributed by atoms with Crippen molar-refractivity contribution in [2.24, 2.45) is 0 Å².